The summed E-state index contributed by atoms with van der Waals surface area (Å²) in [6.45, 7) is 3.46. The van der Waals surface area contributed by atoms with Crippen molar-refractivity contribution in [2.45, 2.75) is 50.6 Å². The van der Waals surface area contributed by atoms with Crippen molar-refractivity contribution in [2.75, 3.05) is 48.3 Å². The molecular formula is C26H33Br5N12O2. The molecule has 5 N–H and O–H groups in total. The van der Waals surface area contributed by atoms with E-state index in [0.29, 0.717) is 52.6 Å². The van der Waals surface area contributed by atoms with Crippen LogP contribution >= 0.6 is 79.6 Å². The second kappa shape index (κ2) is 17.4. The summed E-state index contributed by atoms with van der Waals surface area (Å²) in [4.78, 5) is 40.5. The number of carbonyl (C=O) groups is 2. The number of aromatic nitrogens is 8. The number of nitrogens with zero attached hydrogens (tertiary/aromatic N) is 9. The van der Waals surface area contributed by atoms with Crippen LogP contribution in [0.1, 0.15) is 50.6 Å². The molecule has 4 aromatic rings. The van der Waals surface area contributed by atoms with Gasteiger partial charge in [0.2, 0.25) is 5.91 Å². The maximum absolute atomic E-state index is 12.1. The number of alkyl halides is 2. The molecule has 0 spiro atoms. The van der Waals surface area contributed by atoms with E-state index in [2.05, 4.69) is 115 Å². The molecule has 6 heterocycles. The highest BCUT2D eigenvalue weighted by Crippen LogP contribution is 2.31. The third-order valence-corrected chi connectivity index (χ3v) is 9.56. The predicted molar refractivity (Wildman–Crippen MR) is 192 cm³/mol. The molecule has 6 rings (SSSR count). The highest BCUT2D eigenvalue weighted by molar-refractivity contribution is 9.18. The lowest BCUT2D eigenvalue weighted by Crippen LogP contribution is -2.41. The van der Waals surface area contributed by atoms with E-state index in [1.807, 2.05) is 14.3 Å². The number of anilines is 2. The highest BCUT2D eigenvalue weighted by Gasteiger charge is 2.28. The fourth-order valence-electron chi connectivity index (χ4n) is 5.15. The van der Waals surface area contributed by atoms with Crippen molar-refractivity contribution >= 4 is 124 Å². The number of carbonyl (C=O) groups excluding carboxylic acids is 2. The van der Waals surface area contributed by atoms with Gasteiger partial charge in [0.15, 0.2) is 16.0 Å². The van der Waals surface area contributed by atoms with E-state index in [0.717, 1.165) is 71.7 Å². The Hall–Kier alpha value is -1.80. The van der Waals surface area contributed by atoms with Crippen molar-refractivity contribution in [1.82, 2.24) is 49.7 Å². The van der Waals surface area contributed by atoms with Gasteiger partial charge in [-0.2, -0.15) is 10.2 Å². The average Bonchev–Trinajstić information content (AvgIpc) is 3.56. The summed E-state index contributed by atoms with van der Waals surface area (Å²) in [6, 6.07) is 0.447. The van der Waals surface area contributed by atoms with Gasteiger partial charge in [-0.15, -0.1) is 0 Å². The van der Waals surface area contributed by atoms with Gasteiger partial charge in [0, 0.05) is 43.1 Å². The number of nitrogen functional groups attached to an aromatic ring is 2. The summed E-state index contributed by atoms with van der Waals surface area (Å²) < 4.78 is 5.23. The van der Waals surface area contributed by atoms with Gasteiger partial charge in [-0.1, -0.05) is 31.9 Å². The molecule has 2 aliphatic rings. The summed E-state index contributed by atoms with van der Waals surface area (Å²) in [5.74, 6) is 1.05. The summed E-state index contributed by atoms with van der Waals surface area (Å²) in [6.07, 6.45) is 8.20. The predicted octanol–water partition coefficient (Wildman–Crippen LogP) is 4.91. The van der Waals surface area contributed by atoms with Crippen LogP contribution in [0.3, 0.4) is 0 Å². The van der Waals surface area contributed by atoms with Crippen LogP contribution in [-0.4, -0.2) is 91.8 Å². The summed E-state index contributed by atoms with van der Waals surface area (Å²) >= 11 is 16.0. The molecule has 2 fully saturated rings. The third kappa shape index (κ3) is 9.18. The van der Waals surface area contributed by atoms with Gasteiger partial charge in [-0.25, -0.2) is 29.3 Å². The maximum atomic E-state index is 12.1. The van der Waals surface area contributed by atoms with Crippen LogP contribution in [0.15, 0.2) is 21.9 Å². The summed E-state index contributed by atoms with van der Waals surface area (Å²) in [7, 11) is 0. The van der Waals surface area contributed by atoms with Crippen LogP contribution in [0, 0.1) is 0 Å². The second-order valence-corrected chi connectivity index (χ2v) is 14.2. The van der Waals surface area contributed by atoms with Crippen molar-refractivity contribution < 1.29 is 9.59 Å². The van der Waals surface area contributed by atoms with E-state index in [1.54, 1.807) is 0 Å². The lowest BCUT2D eigenvalue weighted by Gasteiger charge is -2.33. The molecule has 45 heavy (non-hydrogen) atoms. The van der Waals surface area contributed by atoms with E-state index >= 15 is 0 Å². The van der Waals surface area contributed by atoms with Gasteiger partial charge in [0.25, 0.3) is 0 Å². The Labute approximate surface area is 301 Å². The molecule has 0 aromatic carbocycles. The number of rotatable bonds is 6. The molecule has 2 aliphatic heterocycles. The monoisotopic (exact) mass is 940 g/mol. The van der Waals surface area contributed by atoms with E-state index in [4.69, 9.17) is 11.5 Å². The summed E-state index contributed by atoms with van der Waals surface area (Å²) in [5.41, 5.74) is 13.3. The van der Waals surface area contributed by atoms with Crippen molar-refractivity contribution in [3.8, 4) is 0 Å². The topological polar surface area (TPSA) is 189 Å². The largest absolute Gasteiger partial charge is 0.383 e. The van der Waals surface area contributed by atoms with Crippen molar-refractivity contribution in [1.29, 1.82) is 0 Å². The number of halogens is 5. The second-order valence-electron chi connectivity index (χ2n) is 10.3. The number of piperidine rings is 2. The van der Waals surface area contributed by atoms with E-state index in [-0.39, 0.29) is 16.6 Å². The standard InChI is InChI=1S/C13H16Br2N6O.C10H13BrN6.C3H4Br2O/c14-4-3-9(22)20-5-1-2-8(6-20)21-13-10(11(15)19-21)12(16)17-7-18-13;11-8-7-9(12)14-5-15-10(7)17(16-8)6-2-1-3-13-4-6;4-2-1-3(5)6/h7-8H,1-6H2,(H2,16,17,18);5-6,13H,1-4H2,(H2,12,14,15);1-2H2/t8-;6-;/m11./s1. The molecule has 0 bridgehead atoms. The summed E-state index contributed by atoms with van der Waals surface area (Å²) in [5, 5.41) is 15.3. The third-order valence-electron chi connectivity index (χ3n) is 7.26. The van der Waals surface area contributed by atoms with Crippen LogP contribution in [0.2, 0.25) is 0 Å². The molecule has 0 radical (unpaired) electrons. The number of likely N-dealkylation sites (tertiary alicyclic amines) is 1. The Morgan fingerprint density at radius 1 is 0.844 bits per heavy atom. The Balaban J connectivity index is 0.000000178. The molecule has 244 valence electrons. The molecule has 0 unspecified atom stereocenters. The fourth-order valence-corrected chi connectivity index (χ4v) is 7.68. The minimum absolute atomic E-state index is 0.0550. The number of nitrogens with one attached hydrogen (secondary N) is 1. The Morgan fingerprint density at radius 3 is 1.89 bits per heavy atom. The number of amides is 1. The molecule has 19 heteroatoms. The maximum Gasteiger partial charge on any atom is 0.223 e. The van der Waals surface area contributed by atoms with Crippen molar-refractivity contribution in [2.24, 2.45) is 0 Å². The van der Waals surface area contributed by atoms with Gasteiger partial charge in [0.1, 0.15) is 33.5 Å². The van der Waals surface area contributed by atoms with Crippen LogP contribution in [-0.2, 0) is 9.59 Å². The zero-order chi connectivity index (χ0) is 32.5. The van der Waals surface area contributed by atoms with E-state index in [1.165, 1.54) is 12.7 Å². The minimum atomic E-state index is 0.0550. The first-order valence-corrected chi connectivity index (χ1v) is 18.9. The molecule has 4 aromatic heterocycles. The Bertz CT molecular complexity index is 1610. The first kappa shape index (κ1) is 36.0. The molecule has 0 aliphatic carbocycles. The molecule has 2 saturated heterocycles. The first-order valence-electron chi connectivity index (χ1n) is 14.2. The average molecular weight is 945 g/mol. The molecule has 1 amide bonds. The number of hydrogen-bond donors (Lipinski definition) is 3. The molecule has 0 saturated carbocycles. The molecule has 14 nitrogen and oxygen atoms in total. The van der Waals surface area contributed by atoms with Gasteiger partial charge < -0.3 is 21.7 Å². The SMILES string of the molecule is Nc1ncnc2c1c(Br)nn2[C@@H]1CCCN(C(=O)CCBr)C1.Nc1ncnc2c1c(Br)nn2[C@@H]1CCCNC1.O=C(Br)CCBr. The van der Waals surface area contributed by atoms with E-state index in [9.17, 15) is 9.59 Å². The van der Waals surface area contributed by atoms with Crippen LogP contribution in [0.25, 0.3) is 22.1 Å². The number of hydrogen-bond acceptors (Lipinski definition) is 11. The van der Waals surface area contributed by atoms with Gasteiger partial charge in [-0.3, -0.25) is 9.59 Å². The van der Waals surface area contributed by atoms with Gasteiger partial charge in [-0.05, 0) is 80.0 Å². The smallest absolute Gasteiger partial charge is 0.223 e. The quantitative estimate of drug-likeness (QED) is 0.176. The number of nitrogens with two attached hydrogens (primary N) is 2. The lowest BCUT2D eigenvalue weighted by molar-refractivity contribution is -0.132. The van der Waals surface area contributed by atoms with Crippen LogP contribution < -0.4 is 16.8 Å². The van der Waals surface area contributed by atoms with Crippen LogP contribution in [0.4, 0.5) is 11.6 Å². The van der Waals surface area contributed by atoms with Gasteiger partial charge in [0.05, 0.1) is 22.9 Å². The Kier molecular flexibility index (Phi) is 13.9. The highest BCUT2D eigenvalue weighted by atomic mass is 79.9. The van der Waals surface area contributed by atoms with Crippen molar-refractivity contribution in [3.05, 3.63) is 21.9 Å². The first-order chi connectivity index (χ1) is 21.7. The lowest BCUT2D eigenvalue weighted by atomic mass is 10.1. The minimum Gasteiger partial charge on any atom is -0.383 e. The molecule has 2 atom stereocenters. The zero-order valence-corrected chi connectivity index (χ0v) is 32.1. The molecular weight excluding hydrogens is 912 g/mol. The zero-order valence-electron chi connectivity index (χ0n) is 24.2. The number of fused-ring (bicyclic) bond motifs is 2. The van der Waals surface area contributed by atoms with Crippen LogP contribution in [0.5, 0.6) is 0 Å². The normalized spacial score (nSPS) is 18.2. The van der Waals surface area contributed by atoms with E-state index < -0.39 is 0 Å². The van der Waals surface area contributed by atoms with Crippen molar-refractivity contribution in [3.63, 3.8) is 0 Å². The Morgan fingerprint density at radius 2 is 1.40 bits per heavy atom. The van der Waals surface area contributed by atoms with Gasteiger partial charge >= 0.3 is 0 Å². The fraction of sp³-hybridized carbons (Fsp3) is 0.538.